The Morgan fingerprint density at radius 1 is 1.18 bits per heavy atom. The number of carboxylic acid groups (broad SMARTS) is 1. The number of hydrazone groups is 1. The Labute approximate surface area is 197 Å². The number of benzene rings is 2. The van der Waals surface area contributed by atoms with Gasteiger partial charge in [0.15, 0.2) is 11.2 Å². The minimum Gasteiger partial charge on any atom is -0.477 e. The van der Waals surface area contributed by atoms with Crippen molar-refractivity contribution >= 4 is 29.1 Å². The van der Waals surface area contributed by atoms with Crippen LogP contribution in [0, 0.1) is 0 Å². The van der Waals surface area contributed by atoms with Gasteiger partial charge in [0.05, 0.1) is 17.1 Å². The Morgan fingerprint density at radius 3 is 2.82 bits per heavy atom. The maximum absolute atomic E-state index is 11.8. The van der Waals surface area contributed by atoms with E-state index in [0.29, 0.717) is 5.69 Å². The number of thioether (sulfide) groups is 1. The van der Waals surface area contributed by atoms with Crippen LogP contribution in [-0.4, -0.2) is 27.3 Å². The summed E-state index contributed by atoms with van der Waals surface area (Å²) in [5.74, 6) is -0.897. The van der Waals surface area contributed by atoms with Crippen LogP contribution in [0.3, 0.4) is 0 Å². The first kappa shape index (κ1) is 21.5. The first-order valence-corrected chi connectivity index (χ1v) is 12.1. The van der Waals surface area contributed by atoms with Gasteiger partial charge in [-0.15, -0.1) is 0 Å². The molecule has 5 rings (SSSR count). The Morgan fingerprint density at radius 2 is 2.03 bits per heavy atom. The van der Waals surface area contributed by atoms with E-state index in [1.54, 1.807) is 11.8 Å². The summed E-state index contributed by atoms with van der Waals surface area (Å²) >= 11 is 1.72. The number of anilines is 1. The Bertz CT molecular complexity index is 1230. The Kier molecular flexibility index (Phi) is 5.81. The van der Waals surface area contributed by atoms with Crippen molar-refractivity contribution in [1.82, 2.24) is 10.4 Å². The Balaban J connectivity index is 1.43. The first-order chi connectivity index (χ1) is 16.0. The zero-order valence-corrected chi connectivity index (χ0v) is 19.4. The van der Waals surface area contributed by atoms with Crippen molar-refractivity contribution in [3.8, 4) is 11.3 Å². The van der Waals surface area contributed by atoms with Crippen LogP contribution in [0.2, 0.25) is 0 Å². The molecule has 1 unspecified atom stereocenters. The lowest BCUT2D eigenvalue weighted by Gasteiger charge is -2.20. The molecule has 1 atom stereocenters. The maximum atomic E-state index is 11.8. The quantitative estimate of drug-likeness (QED) is 0.425. The van der Waals surface area contributed by atoms with Crippen molar-refractivity contribution in [3.63, 3.8) is 0 Å². The molecule has 7 heteroatoms. The van der Waals surface area contributed by atoms with Crippen LogP contribution >= 0.6 is 11.8 Å². The molecule has 0 radical (unpaired) electrons. The molecule has 2 aromatic carbocycles. The number of hydrogen-bond donors (Lipinski definition) is 3. The largest absolute Gasteiger partial charge is 0.477 e. The molecule has 0 spiro atoms. The lowest BCUT2D eigenvalue weighted by atomic mass is 9.88. The fourth-order valence-corrected chi connectivity index (χ4v) is 5.33. The molecule has 1 aliphatic carbocycles. The summed E-state index contributed by atoms with van der Waals surface area (Å²) in [7, 11) is 0. The maximum Gasteiger partial charge on any atom is 0.354 e. The third kappa shape index (κ3) is 4.33. The van der Waals surface area contributed by atoms with Crippen LogP contribution in [0.15, 0.2) is 64.6 Å². The topological polar surface area (TPSA) is 86.6 Å². The van der Waals surface area contributed by atoms with E-state index in [4.69, 9.17) is 5.10 Å². The van der Waals surface area contributed by atoms with Crippen molar-refractivity contribution in [2.45, 2.75) is 49.4 Å². The number of carbonyl (C=O) groups is 1. The fraction of sp³-hybridized carbons (Fsp3) is 0.269. The molecular formula is C26H26N4O2S. The van der Waals surface area contributed by atoms with Gasteiger partial charge >= 0.3 is 5.97 Å². The molecule has 0 bridgehead atoms. The molecule has 3 N–H and O–H groups in total. The number of hydrogen-bond acceptors (Lipinski definition) is 6. The highest BCUT2D eigenvalue weighted by Gasteiger charge is 2.22. The summed E-state index contributed by atoms with van der Waals surface area (Å²) < 4.78 is 0. The van der Waals surface area contributed by atoms with Gasteiger partial charge in [-0.05, 0) is 60.6 Å². The number of fused-ring (bicyclic) bond motifs is 2. The Hall–Kier alpha value is -3.32. The predicted octanol–water partition coefficient (Wildman–Crippen LogP) is 5.70. The molecule has 1 aromatic heterocycles. The number of aromatic carboxylic acids is 1. The van der Waals surface area contributed by atoms with E-state index in [0.717, 1.165) is 47.4 Å². The number of nitrogens with zero attached hydrogens (tertiary/aromatic N) is 2. The number of nitrogens with one attached hydrogen (secondary N) is 2. The summed E-state index contributed by atoms with van der Waals surface area (Å²) in [4.78, 5) is 17.5. The van der Waals surface area contributed by atoms with Crippen LogP contribution in [0.4, 0.5) is 5.69 Å². The lowest BCUT2D eigenvalue weighted by molar-refractivity contribution is 0.0689. The number of carboxylic acids is 1. The van der Waals surface area contributed by atoms with Gasteiger partial charge in [0.1, 0.15) is 0 Å². The van der Waals surface area contributed by atoms with Gasteiger partial charge in [-0.2, -0.15) is 5.10 Å². The second-order valence-corrected chi connectivity index (χ2v) is 9.79. The molecule has 0 amide bonds. The molecule has 3 aromatic rings. The van der Waals surface area contributed by atoms with Crippen LogP contribution in [0.1, 0.15) is 59.8 Å². The van der Waals surface area contributed by atoms with Crippen molar-refractivity contribution in [2.24, 2.45) is 5.10 Å². The van der Waals surface area contributed by atoms with Gasteiger partial charge in [0.2, 0.25) is 0 Å². The standard InChI is InChI=1S/C26H26N4O2S/c1-15(2)18-12-13-20(27-24(18)25(31)32)17-11-10-16-6-5-8-21(19(16)14-17)29-30-26-28-22-7-3-4-9-23(22)33-26/h3-4,7,9-15,26,28,30H,5-6,8H2,1-2H3,(H,31,32)/b29-21+. The summed E-state index contributed by atoms with van der Waals surface area (Å²) in [5.41, 5.74) is 10.2. The minimum atomic E-state index is -0.993. The average molecular weight is 459 g/mol. The van der Waals surface area contributed by atoms with E-state index >= 15 is 0 Å². The van der Waals surface area contributed by atoms with Gasteiger partial charge in [0.25, 0.3) is 0 Å². The average Bonchev–Trinajstić information content (AvgIpc) is 3.25. The molecule has 0 fully saturated rings. The van der Waals surface area contributed by atoms with E-state index in [1.165, 1.54) is 10.5 Å². The SMILES string of the molecule is CC(C)c1ccc(-c2ccc3c(c2)/C(=N/NC2Nc4ccccc4S2)CCC3)nc1C(=O)O. The third-order valence-electron chi connectivity index (χ3n) is 6.06. The van der Waals surface area contributed by atoms with E-state index < -0.39 is 5.97 Å². The van der Waals surface area contributed by atoms with Gasteiger partial charge in [-0.1, -0.05) is 55.9 Å². The van der Waals surface area contributed by atoms with Gasteiger partial charge in [0, 0.05) is 16.0 Å². The van der Waals surface area contributed by atoms with Crippen LogP contribution in [-0.2, 0) is 6.42 Å². The van der Waals surface area contributed by atoms with Crippen molar-refractivity contribution in [1.29, 1.82) is 0 Å². The van der Waals surface area contributed by atoms with Gasteiger partial charge < -0.3 is 10.4 Å². The number of aryl methyl sites for hydroxylation is 1. The highest BCUT2D eigenvalue weighted by Crippen LogP contribution is 2.37. The lowest BCUT2D eigenvalue weighted by Crippen LogP contribution is -2.28. The van der Waals surface area contributed by atoms with E-state index in [9.17, 15) is 9.90 Å². The molecule has 168 valence electrons. The van der Waals surface area contributed by atoms with Crippen LogP contribution < -0.4 is 10.7 Å². The normalized spacial score (nSPS) is 18.0. The van der Waals surface area contributed by atoms with Crippen LogP contribution in [0.5, 0.6) is 0 Å². The minimum absolute atomic E-state index is 0.00757. The van der Waals surface area contributed by atoms with Crippen molar-refractivity contribution in [3.05, 3.63) is 77.0 Å². The molecule has 1 aliphatic heterocycles. The predicted molar refractivity (Wildman–Crippen MR) is 133 cm³/mol. The van der Waals surface area contributed by atoms with Crippen LogP contribution in [0.25, 0.3) is 11.3 Å². The van der Waals surface area contributed by atoms with Crippen molar-refractivity contribution < 1.29 is 9.90 Å². The second-order valence-electron chi connectivity index (χ2n) is 8.65. The zero-order chi connectivity index (χ0) is 22.9. The molecular weight excluding hydrogens is 432 g/mol. The highest BCUT2D eigenvalue weighted by molar-refractivity contribution is 8.00. The second kappa shape index (κ2) is 8.90. The first-order valence-electron chi connectivity index (χ1n) is 11.2. The van der Waals surface area contributed by atoms with E-state index in [1.807, 2.05) is 44.2 Å². The van der Waals surface area contributed by atoms with E-state index in [-0.39, 0.29) is 17.1 Å². The third-order valence-corrected chi connectivity index (χ3v) is 7.13. The monoisotopic (exact) mass is 458 g/mol. The fourth-order valence-electron chi connectivity index (χ4n) is 4.37. The summed E-state index contributed by atoms with van der Waals surface area (Å²) in [5, 5.41) is 17.9. The molecule has 33 heavy (non-hydrogen) atoms. The number of para-hydroxylation sites is 1. The number of rotatable bonds is 5. The molecule has 2 aliphatic rings. The molecule has 0 saturated carbocycles. The number of pyridine rings is 1. The molecule has 6 nitrogen and oxygen atoms in total. The summed E-state index contributed by atoms with van der Waals surface area (Å²) in [6, 6.07) is 18.3. The molecule has 0 saturated heterocycles. The summed E-state index contributed by atoms with van der Waals surface area (Å²) in [6.45, 7) is 3.96. The zero-order valence-electron chi connectivity index (χ0n) is 18.6. The van der Waals surface area contributed by atoms with Gasteiger partial charge in [-0.3, -0.25) is 5.43 Å². The molecule has 2 heterocycles. The van der Waals surface area contributed by atoms with Crippen molar-refractivity contribution in [2.75, 3.05) is 5.32 Å². The highest BCUT2D eigenvalue weighted by atomic mass is 32.2. The summed E-state index contributed by atoms with van der Waals surface area (Å²) in [6.07, 6.45) is 2.97. The van der Waals surface area contributed by atoms with E-state index in [2.05, 4.69) is 40.0 Å². The smallest absolute Gasteiger partial charge is 0.354 e. The van der Waals surface area contributed by atoms with Gasteiger partial charge in [-0.25, -0.2) is 9.78 Å². The number of aromatic nitrogens is 1.